The summed E-state index contributed by atoms with van der Waals surface area (Å²) in [5, 5.41) is 9.53. The zero-order valence-electron chi connectivity index (χ0n) is 12.7. The van der Waals surface area contributed by atoms with Gasteiger partial charge >= 0.3 is 5.97 Å². The van der Waals surface area contributed by atoms with Crippen molar-refractivity contribution in [3.05, 3.63) is 66.8 Å². The van der Waals surface area contributed by atoms with Crippen LogP contribution in [0.15, 0.2) is 61.2 Å². The van der Waals surface area contributed by atoms with Gasteiger partial charge in [-0.15, -0.1) is 6.58 Å². The molecule has 3 nitrogen and oxygen atoms in total. The molecule has 1 aromatic rings. The van der Waals surface area contributed by atoms with E-state index < -0.39 is 11.6 Å². The summed E-state index contributed by atoms with van der Waals surface area (Å²) in [6, 6.07) is 9.93. The number of carboxylic acid groups (broad SMARTS) is 1. The number of hydrogen-bond acceptors (Lipinski definition) is 2. The third-order valence-corrected chi connectivity index (χ3v) is 3.79. The van der Waals surface area contributed by atoms with Gasteiger partial charge in [0.1, 0.15) is 0 Å². The molecule has 22 heavy (non-hydrogen) atoms. The number of allylic oxidation sites excluding steroid dienone is 3. The van der Waals surface area contributed by atoms with E-state index in [0.717, 1.165) is 30.4 Å². The van der Waals surface area contributed by atoms with Crippen LogP contribution in [0.3, 0.4) is 0 Å². The number of carbonyl (C=O) groups is 1. The van der Waals surface area contributed by atoms with Crippen molar-refractivity contribution < 1.29 is 14.6 Å². The molecule has 1 N–H and O–H groups in total. The minimum absolute atomic E-state index is 0.352. The highest BCUT2D eigenvalue weighted by molar-refractivity contribution is 5.85. The van der Waals surface area contributed by atoms with Gasteiger partial charge in [0.25, 0.3) is 0 Å². The number of benzene rings is 1. The molecule has 1 atom stereocenters. The molecule has 1 aromatic carbocycles. The number of ether oxygens (including phenoxy) is 1. The zero-order chi connectivity index (χ0) is 15.8. The van der Waals surface area contributed by atoms with Crippen LogP contribution in [0, 0.1) is 0 Å². The van der Waals surface area contributed by atoms with E-state index in [1.165, 1.54) is 0 Å². The van der Waals surface area contributed by atoms with Crippen LogP contribution in [0.5, 0.6) is 0 Å². The fourth-order valence-electron chi connectivity index (χ4n) is 2.44. The smallest absolute Gasteiger partial charge is 0.340 e. The predicted octanol–water partition coefficient (Wildman–Crippen LogP) is 4.23. The Morgan fingerprint density at radius 3 is 2.68 bits per heavy atom. The van der Waals surface area contributed by atoms with Gasteiger partial charge in [-0.1, -0.05) is 48.6 Å². The Balaban J connectivity index is 2.00. The first-order chi connectivity index (χ1) is 10.7. The van der Waals surface area contributed by atoms with Crippen molar-refractivity contribution in [2.45, 2.75) is 31.3 Å². The molecule has 0 heterocycles. The molecule has 0 bridgehead atoms. The van der Waals surface area contributed by atoms with Gasteiger partial charge in [0.2, 0.25) is 0 Å². The van der Waals surface area contributed by atoms with E-state index in [2.05, 4.69) is 6.58 Å². The van der Waals surface area contributed by atoms with Crippen LogP contribution in [0.25, 0.3) is 5.57 Å². The Kier molecular flexibility index (Phi) is 5.73. The number of aliphatic carboxylic acids is 1. The van der Waals surface area contributed by atoms with Crippen LogP contribution in [0.2, 0.25) is 0 Å². The molecular weight excluding hydrogens is 276 g/mol. The molecule has 0 aliphatic heterocycles. The molecule has 2 rings (SSSR count). The van der Waals surface area contributed by atoms with Crippen LogP contribution in [0.1, 0.15) is 31.2 Å². The second-order valence-corrected chi connectivity index (χ2v) is 5.39. The highest BCUT2D eigenvalue weighted by atomic mass is 16.5. The Bertz CT molecular complexity index is 572. The van der Waals surface area contributed by atoms with Gasteiger partial charge in [-0.05, 0) is 36.5 Å². The Labute approximate surface area is 131 Å². The molecular formula is C19H22O3. The lowest BCUT2D eigenvalue weighted by molar-refractivity contribution is -0.159. The van der Waals surface area contributed by atoms with Crippen LogP contribution >= 0.6 is 0 Å². The second kappa shape index (κ2) is 7.76. The third kappa shape index (κ3) is 3.95. The summed E-state index contributed by atoms with van der Waals surface area (Å²) in [4.78, 5) is 11.6. The molecule has 1 unspecified atom stereocenters. The van der Waals surface area contributed by atoms with E-state index in [0.29, 0.717) is 13.0 Å². The first-order valence-corrected chi connectivity index (χ1v) is 7.61. The summed E-state index contributed by atoms with van der Waals surface area (Å²) in [7, 11) is 0. The van der Waals surface area contributed by atoms with Crippen molar-refractivity contribution in [1.29, 1.82) is 0 Å². The lowest BCUT2D eigenvalue weighted by atomic mass is 9.89. The summed E-state index contributed by atoms with van der Waals surface area (Å²) in [5.74, 6) is -0.934. The number of rotatable bonds is 8. The lowest BCUT2D eigenvalue weighted by Gasteiger charge is -2.28. The molecule has 1 aliphatic carbocycles. The Morgan fingerprint density at radius 1 is 1.32 bits per heavy atom. The molecule has 0 amide bonds. The highest BCUT2D eigenvalue weighted by Crippen LogP contribution is 2.30. The van der Waals surface area contributed by atoms with Gasteiger partial charge < -0.3 is 9.84 Å². The van der Waals surface area contributed by atoms with Gasteiger partial charge in [0, 0.05) is 13.0 Å². The number of carboxylic acids is 1. The van der Waals surface area contributed by atoms with Gasteiger partial charge in [0.05, 0.1) is 0 Å². The van der Waals surface area contributed by atoms with Crippen molar-refractivity contribution in [2.24, 2.45) is 0 Å². The van der Waals surface area contributed by atoms with Gasteiger partial charge in [-0.25, -0.2) is 4.79 Å². The average molecular weight is 298 g/mol. The maximum Gasteiger partial charge on any atom is 0.340 e. The zero-order valence-corrected chi connectivity index (χ0v) is 12.7. The molecule has 3 heteroatoms. The van der Waals surface area contributed by atoms with E-state index in [-0.39, 0.29) is 0 Å². The molecule has 0 saturated heterocycles. The SMILES string of the molecule is C=CCCCCOC1(C(=O)O)C=CC(c2ccccc2)=CC1. The minimum atomic E-state index is -1.23. The minimum Gasteiger partial charge on any atom is -0.479 e. The molecule has 116 valence electrons. The molecule has 0 fully saturated rings. The monoisotopic (exact) mass is 298 g/mol. The Morgan fingerprint density at radius 2 is 2.09 bits per heavy atom. The summed E-state index contributed by atoms with van der Waals surface area (Å²) >= 11 is 0. The van der Waals surface area contributed by atoms with Crippen molar-refractivity contribution >= 4 is 11.5 Å². The second-order valence-electron chi connectivity index (χ2n) is 5.39. The maximum atomic E-state index is 11.6. The predicted molar refractivity (Wildman–Crippen MR) is 88.5 cm³/mol. The summed E-state index contributed by atoms with van der Waals surface area (Å²) < 4.78 is 5.70. The number of hydrogen-bond donors (Lipinski definition) is 1. The first kappa shape index (κ1) is 16.2. The lowest BCUT2D eigenvalue weighted by Crippen LogP contribution is -2.40. The number of unbranched alkanes of at least 4 members (excludes halogenated alkanes) is 2. The van der Waals surface area contributed by atoms with Gasteiger partial charge in [-0.2, -0.15) is 0 Å². The average Bonchev–Trinajstić information content (AvgIpc) is 2.56. The standard InChI is InChI=1S/C19H22O3/c1-2-3-4-8-15-22-19(18(20)21)13-11-17(12-14-19)16-9-6-5-7-10-16/h2,5-7,9-13H,1,3-4,8,14-15H2,(H,20,21). The van der Waals surface area contributed by atoms with Crippen molar-refractivity contribution in [3.8, 4) is 0 Å². The van der Waals surface area contributed by atoms with Crippen LogP contribution in [-0.2, 0) is 9.53 Å². The van der Waals surface area contributed by atoms with Crippen LogP contribution < -0.4 is 0 Å². The van der Waals surface area contributed by atoms with Crippen molar-refractivity contribution in [1.82, 2.24) is 0 Å². The van der Waals surface area contributed by atoms with E-state index in [9.17, 15) is 9.90 Å². The highest BCUT2D eigenvalue weighted by Gasteiger charge is 2.37. The molecule has 0 aromatic heterocycles. The quantitative estimate of drug-likeness (QED) is 0.577. The molecule has 0 radical (unpaired) electrons. The Hall–Kier alpha value is -2.13. The van der Waals surface area contributed by atoms with Gasteiger partial charge in [-0.3, -0.25) is 0 Å². The third-order valence-electron chi connectivity index (χ3n) is 3.79. The normalized spacial score (nSPS) is 20.5. The first-order valence-electron chi connectivity index (χ1n) is 7.61. The summed E-state index contributed by atoms with van der Waals surface area (Å²) in [6.45, 7) is 4.12. The summed E-state index contributed by atoms with van der Waals surface area (Å²) in [5.41, 5.74) is 0.892. The van der Waals surface area contributed by atoms with Crippen molar-refractivity contribution in [3.63, 3.8) is 0 Å². The topological polar surface area (TPSA) is 46.5 Å². The van der Waals surface area contributed by atoms with E-state index in [1.54, 1.807) is 6.08 Å². The van der Waals surface area contributed by atoms with E-state index in [1.807, 2.05) is 48.6 Å². The van der Waals surface area contributed by atoms with E-state index >= 15 is 0 Å². The van der Waals surface area contributed by atoms with E-state index in [4.69, 9.17) is 4.74 Å². The fraction of sp³-hybridized carbons (Fsp3) is 0.316. The molecule has 0 saturated carbocycles. The van der Waals surface area contributed by atoms with Crippen LogP contribution in [0.4, 0.5) is 0 Å². The van der Waals surface area contributed by atoms with Crippen molar-refractivity contribution in [2.75, 3.05) is 6.61 Å². The summed E-state index contributed by atoms with van der Waals surface area (Å²) in [6.07, 6.45) is 10.4. The fourth-order valence-corrected chi connectivity index (χ4v) is 2.44. The maximum absolute atomic E-state index is 11.6. The molecule has 1 aliphatic rings. The van der Waals surface area contributed by atoms with Gasteiger partial charge in [0.15, 0.2) is 5.60 Å². The largest absolute Gasteiger partial charge is 0.479 e. The molecule has 0 spiro atoms. The van der Waals surface area contributed by atoms with Crippen LogP contribution in [-0.4, -0.2) is 23.3 Å².